The highest BCUT2D eigenvalue weighted by molar-refractivity contribution is 6.26. The Morgan fingerprint density at radius 3 is 1.36 bits per heavy atom. The van der Waals surface area contributed by atoms with Gasteiger partial charge in [-0.3, -0.25) is 0 Å². The van der Waals surface area contributed by atoms with E-state index in [4.69, 9.17) is 17.7 Å². The second kappa shape index (κ2) is 11.3. The molecule has 14 aromatic rings. The molecule has 0 N–H and O–H groups in total. The molecular weight excluding hydrogens is 727 g/mol. The second-order valence-electron chi connectivity index (χ2n) is 15.6. The average molecular weight is 756 g/mol. The summed E-state index contributed by atoms with van der Waals surface area (Å²) < 4.78 is 27.8. The first-order chi connectivity index (χ1) is 29.2. The normalized spacial score (nSPS) is 12.4. The molecule has 0 aliphatic heterocycles. The van der Waals surface area contributed by atoms with Crippen LogP contribution in [0.5, 0.6) is 0 Å². The molecule has 5 heterocycles. The molecule has 0 fully saturated rings. The summed E-state index contributed by atoms with van der Waals surface area (Å²) in [6.07, 6.45) is 0. The fourth-order valence-corrected chi connectivity index (χ4v) is 9.72. The SMILES string of the molecule is c1ccc(-n2c3ccc(-c4ccc5oc6c(ccc7oc8ccccc8c76)c5c4)cc3c3cc(-c4ccc5oc6ccc7oc8ccccc8c7c6c5c4)ccc32)cc1. The van der Waals surface area contributed by atoms with E-state index in [2.05, 4.69) is 138 Å². The molecule has 0 atom stereocenters. The van der Waals surface area contributed by atoms with Crippen molar-refractivity contribution in [3.05, 3.63) is 176 Å². The highest BCUT2D eigenvalue weighted by Crippen LogP contribution is 2.44. The molecule has 0 saturated heterocycles. The molecule has 9 aromatic carbocycles. The quantitative estimate of drug-likeness (QED) is 0.180. The summed E-state index contributed by atoms with van der Waals surface area (Å²) >= 11 is 0. The number of rotatable bonds is 3. The molecule has 0 radical (unpaired) electrons. The smallest absolute Gasteiger partial charge is 0.147 e. The second-order valence-corrected chi connectivity index (χ2v) is 15.6. The molecule has 274 valence electrons. The van der Waals surface area contributed by atoms with Crippen LogP contribution in [0.1, 0.15) is 0 Å². The first-order valence-electron chi connectivity index (χ1n) is 19.9. The summed E-state index contributed by atoms with van der Waals surface area (Å²) in [7, 11) is 0. The van der Waals surface area contributed by atoms with E-state index >= 15 is 0 Å². The first kappa shape index (κ1) is 31.1. The monoisotopic (exact) mass is 755 g/mol. The molecule has 5 aromatic heterocycles. The minimum atomic E-state index is 0.833. The highest BCUT2D eigenvalue weighted by Gasteiger charge is 2.20. The van der Waals surface area contributed by atoms with Crippen molar-refractivity contribution in [3.8, 4) is 27.9 Å². The van der Waals surface area contributed by atoms with E-state index < -0.39 is 0 Å². The van der Waals surface area contributed by atoms with Crippen molar-refractivity contribution in [2.75, 3.05) is 0 Å². The van der Waals surface area contributed by atoms with Gasteiger partial charge in [0, 0.05) is 54.2 Å². The van der Waals surface area contributed by atoms with Crippen LogP contribution in [0.15, 0.2) is 194 Å². The standard InChI is InChI=1S/C54H29NO4/c1-2-8-34(9-3-1)55-42-19-14-30(32-16-21-46-40(28-32)35-18-23-50-53(54(35)59-46)37-11-5-7-13-45(37)57-50)26-38(42)39-27-31(15-20-43(39)55)33-17-22-47-41(29-33)52-49(58-47)25-24-48-51(52)36-10-4-6-12-44(36)56-48/h1-29H. The summed E-state index contributed by atoms with van der Waals surface area (Å²) in [6, 6.07) is 62.0. The van der Waals surface area contributed by atoms with Crippen LogP contribution in [0.4, 0.5) is 0 Å². The largest absolute Gasteiger partial charge is 0.456 e. The molecule has 0 bridgehead atoms. The molecule has 0 amide bonds. The number of furan rings is 4. The third-order valence-electron chi connectivity index (χ3n) is 12.4. The van der Waals surface area contributed by atoms with E-state index in [0.29, 0.717) is 0 Å². The van der Waals surface area contributed by atoms with Crippen molar-refractivity contribution < 1.29 is 17.7 Å². The Morgan fingerprint density at radius 2 is 0.712 bits per heavy atom. The Balaban J connectivity index is 0.966. The zero-order valence-corrected chi connectivity index (χ0v) is 31.3. The fraction of sp³-hybridized carbons (Fsp3) is 0. The van der Waals surface area contributed by atoms with Crippen LogP contribution in [-0.2, 0) is 0 Å². The molecule has 5 nitrogen and oxygen atoms in total. The summed E-state index contributed by atoms with van der Waals surface area (Å²) in [5.74, 6) is 0. The summed E-state index contributed by atoms with van der Waals surface area (Å²) in [5.41, 5.74) is 14.8. The Bertz CT molecular complexity index is 4080. The minimum absolute atomic E-state index is 0.833. The maximum absolute atomic E-state index is 6.57. The van der Waals surface area contributed by atoms with Crippen LogP contribution in [0, 0.1) is 0 Å². The Hall–Kier alpha value is -8.02. The Labute approximate surface area is 334 Å². The van der Waals surface area contributed by atoms with Crippen LogP contribution in [-0.4, -0.2) is 4.57 Å². The zero-order chi connectivity index (χ0) is 38.3. The molecule has 14 rings (SSSR count). The van der Waals surface area contributed by atoms with Crippen LogP contribution in [0.25, 0.3) is 138 Å². The van der Waals surface area contributed by atoms with Crippen LogP contribution in [0.3, 0.4) is 0 Å². The third kappa shape index (κ3) is 4.28. The van der Waals surface area contributed by atoms with Gasteiger partial charge in [-0.2, -0.15) is 0 Å². The molecule has 0 aliphatic rings. The predicted octanol–water partition coefficient (Wildman–Crippen LogP) is 15.7. The van der Waals surface area contributed by atoms with Crippen molar-refractivity contribution in [2.24, 2.45) is 0 Å². The lowest BCUT2D eigenvalue weighted by atomic mass is 9.98. The topological polar surface area (TPSA) is 57.5 Å². The molecule has 0 saturated carbocycles. The van der Waals surface area contributed by atoms with Gasteiger partial charge >= 0.3 is 0 Å². The van der Waals surface area contributed by atoms with Gasteiger partial charge in [0.1, 0.15) is 44.7 Å². The average Bonchev–Trinajstić information content (AvgIpc) is 4.10. The van der Waals surface area contributed by atoms with Crippen LogP contribution < -0.4 is 0 Å². The van der Waals surface area contributed by atoms with Crippen molar-refractivity contribution in [1.29, 1.82) is 0 Å². The van der Waals surface area contributed by atoms with Gasteiger partial charge in [-0.1, -0.05) is 78.9 Å². The summed E-state index contributed by atoms with van der Waals surface area (Å²) in [5, 5.41) is 11.0. The van der Waals surface area contributed by atoms with E-state index in [1.165, 1.54) is 10.8 Å². The lowest BCUT2D eigenvalue weighted by molar-refractivity contribution is 0.663. The van der Waals surface area contributed by atoms with E-state index in [9.17, 15) is 0 Å². The van der Waals surface area contributed by atoms with E-state index in [1.54, 1.807) is 0 Å². The fourth-order valence-electron chi connectivity index (χ4n) is 9.72. The Kier molecular flexibility index (Phi) is 5.96. The first-order valence-corrected chi connectivity index (χ1v) is 19.9. The summed E-state index contributed by atoms with van der Waals surface area (Å²) in [4.78, 5) is 0. The van der Waals surface area contributed by atoms with Gasteiger partial charge < -0.3 is 22.2 Å². The molecule has 0 spiro atoms. The van der Waals surface area contributed by atoms with Crippen LogP contribution in [0.2, 0.25) is 0 Å². The number of hydrogen-bond acceptors (Lipinski definition) is 4. The van der Waals surface area contributed by atoms with Gasteiger partial charge in [0.2, 0.25) is 0 Å². The van der Waals surface area contributed by atoms with Crippen molar-refractivity contribution in [3.63, 3.8) is 0 Å². The van der Waals surface area contributed by atoms with Crippen molar-refractivity contribution >= 4 is 110 Å². The molecule has 0 aliphatic carbocycles. The van der Waals surface area contributed by atoms with Gasteiger partial charge in [0.25, 0.3) is 0 Å². The van der Waals surface area contributed by atoms with Crippen LogP contribution >= 0.6 is 0 Å². The number of benzene rings is 9. The minimum Gasteiger partial charge on any atom is -0.456 e. The lowest BCUT2D eigenvalue weighted by Gasteiger charge is -2.08. The van der Waals surface area contributed by atoms with Gasteiger partial charge in [0.05, 0.1) is 16.4 Å². The maximum Gasteiger partial charge on any atom is 0.147 e. The highest BCUT2D eigenvalue weighted by atomic mass is 16.3. The maximum atomic E-state index is 6.57. The van der Waals surface area contributed by atoms with Gasteiger partial charge in [-0.25, -0.2) is 0 Å². The van der Waals surface area contributed by atoms with E-state index in [1.807, 2.05) is 42.5 Å². The predicted molar refractivity (Wildman–Crippen MR) is 241 cm³/mol. The third-order valence-corrected chi connectivity index (χ3v) is 12.4. The number of fused-ring (bicyclic) bond motifs is 17. The number of para-hydroxylation sites is 3. The van der Waals surface area contributed by atoms with Crippen molar-refractivity contribution in [1.82, 2.24) is 4.57 Å². The zero-order valence-electron chi connectivity index (χ0n) is 31.3. The van der Waals surface area contributed by atoms with Crippen molar-refractivity contribution in [2.45, 2.75) is 0 Å². The lowest BCUT2D eigenvalue weighted by Crippen LogP contribution is -1.93. The van der Waals surface area contributed by atoms with Gasteiger partial charge in [0.15, 0.2) is 0 Å². The molecule has 5 heteroatoms. The summed E-state index contributed by atoms with van der Waals surface area (Å²) in [6.45, 7) is 0. The van der Waals surface area contributed by atoms with Gasteiger partial charge in [-0.05, 0) is 119 Å². The number of hydrogen-bond donors (Lipinski definition) is 0. The van der Waals surface area contributed by atoms with Gasteiger partial charge in [-0.15, -0.1) is 0 Å². The number of aromatic nitrogens is 1. The number of nitrogens with zero attached hydrogens (tertiary/aromatic N) is 1. The Morgan fingerprint density at radius 1 is 0.271 bits per heavy atom. The van der Waals surface area contributed by atoms with E-state index in [-0.39, 0.29) is 0 Å². The molecular formula is C54H29NO4. The molecule has 59 heavy (non-hydrogen) atoms. The molecule has 0 unspecified atom stereocenters. The van der Waals surface area contributed by atoms with E-state index in [0.717, 1.165) is 127 Å².